The monoisotopic (exact) mass is 267 g/mol. The predicted octanol–water partition coefficient (Wildman–Crippen LogP) is 2.21. The molecule has 1 fully saturated rings. The van der Waals surface area contributed by atoms with Crippen molar-refractivity contribution in [3.05, 3.63) is 22.4 Å². The number of thiophene rings is 1. The third-order valence-electron chi connectivity index (χ3n) is 3.48. The van der Waals surface area contributed by atoms with E-state index in [4.69, 9.17) is 5.11 Å². The van der Waals surface area contributed by atoms with Gasteiger partial charge in [0.2, 0.25) is 5.91 Å². The summed E-state index contributed by atoms with van der Waals surface area (Å²) < 4.78 is 0. The molecule has 0 aliphatic heterocycles. The smallest absolute Gasteiger partial charge is 0.306 e. The van der Waals surface area contributed by atoms with Gasteiger partial charge in [-0.1, -0.05) is 6.07 Å². The van der Waals surface area contributed by atoms with Crippen molar-refractivity contribution in [2.45, 2.75) is 25.8 Å². The van der Waals surface area contributed by atoms with Gasteiger partial charge in [-0.2, -0.15) is 0 Å². The van der Waals surface area contributed by atoms with Gasteiger partial charge in [-0.25, -0.2) is 0 Å². The van der Waals surface area contributed by atoms with Gasteiger partial charge in [0.05, 0.1) is 12.5 Å². The molecular weight excluding hydrogens is 250 g/mol. The van der Waals surface area contributed by atoms with E-state index in [1.807, 2.05) is 17.5 Å². The van der Waals surface area contributed by atoms with Crippen LogP contribution >= 0.6 is 11.3 Å². The fourth-order valence-corrected chi connectivity index (χ4v) is 3.21. The molecule has 2 rings (SSSR count). The van der Waals surface area contributed by atoms with E-state index in [1.165, 1.54) is 0 Å². The Hall–Kier alpha value is -1.36. The van der Waals surface area contributed by atoms with Crippen molar-refractivity contribution >= 4 is 23.2 Å². The Morgan fingerprint density at radius 2 is 2.17 bits per heavy atom. The summed E-state index contributed by atoms with van der Waals surface area (Å²) in [4.78, 5) is 25.9. The second-order valence-electron chi connectivity index (χ2n) is 4.82. The summed E-state index contributed by atoms with van der Waals surface area (Å²) in [5, 5.41) is 10.9. The normalized spacial score (nSPS) is 22.9. The lowest BCUT2D eigenvalue weighted by molar-refractivity contribution is -0.141. The van der Waals surface area contributed by atoms with E-state index in [1.54, 1.807) is 23.3 Å². The molecule has 18 heavy (non-hydrogen) atoms. The largest absolute Gasteiger partial charge is 0.481 e. The van der Waals surface area contributed by atoms with Gasteiger partial charge >= 0.3 is 5.97 Å². The van der Waals surface area contributed by atoms with Gasteiger partial charge in [-0.05, 0) is 30.7 Å². The molecule has 1 aliphatic rings. The first kappa shape index (κ1) is 13.1. The lowest BCUT2D eigenvalue weighted by atomic mass is 10.0. The number of rotatable bonds is 4. The van der Waals surface area contributed by atoms with Crippen LogP contribution in [0.2, 0.25) is 0 Å². The third-order valence-corrected chi connectivity index (χ3v) is 4.34. The molecule has 5 heteroatoms. The Bertz CT molecular complexity index is 429. The molecule has 98 valence electrons. The minimum atomic E-state index is -0.772. The van der Waals surface area contributed by atoms with Crippen molar-refractivity contribution < 1.29 is 14.7 Å². The first-order valence-corrected chi connectivity index (χ1v) is 6.96. The minimum Gasteiger partial charge on any atom is -0.481 e. The second-order valence-corrected chi connectivity index (χ2v) is 5.85. The predicted molar refractivity (Wildman–Crippen MR) is 69.3 cm³/mol. The van der Waals surface area contributed by atoms with Gasteiger partial charge in [-0.15, -0.1) is 11.3 Å². The van der Waals surface area contributed by atoms with Crippen LogP contribution in [-0.2, 0) is 16.1 Å². The van der Waals surface area contributed by atoms with E-state index >= 15 is 0 Å². The summed E-state index contributed by atoms with van der Waals surface area (Å²) in [5.74, 6) is -1.15. The lowest BCUT2D eigenvalue weighted by Gasteiger charge is -2.20. The molecule has 1 saturated carbocycles. The van der Waals surface area contributed by atoms with E-state index in [-0.39, 0.29) is 17.7 Å². The summed E-state index contributed by atoms with van der Waals surface area (Å²) in [6.07, 6.45) is 1.81. The van der Waals surface area contributed by atoms with Crippen LogP contribution in [0.5, 0.6) is 0 Å². The first-order chi connectivity index (χ1) is 8.58. The number of carbonyl (C=O) groups is 2. The van der Waals surface area contributed by atoms with Crippen molar-refractivity contribution in [1.82, 2.24) is 4.90 Å². The average Bonchev–Trinajstić information content (AvgIpc) is 2.98. The molecule has 0 bridgehead atoms. The van der Waals surface area contributed by atoms with Gasteiger partial charge in [0, 0.05) is 17.8 Å². The maximum atomic E-state index is 12.2. The Balaban J connectivity index is 1.90. The number of nitrogens with zero attached hydrogens (tertiary/aromatic N) is 1. The fourth-order valence-electron chi connectivity index (χ4n) is 2.46. The molecule has 0 spiro atoms. The summed E-state index contributed by atoms with van der Waals surface area (Å²) >= 11 is 1.63. The summed E-state index contributed by atoms with van der Waals surface area (Å²) in [5.41, 5.74) is 0. The van der Waals surface area contributed by atoms with Crippen LogP contribution in [0.3, 0.4) is 0 Å². The molecule has 2 atom stereocenters. The van der Waals surface area contributed by atoms with E-state index in [9.17, 15) is 9.59 Å². The van der Waals surface area contributed by atoms with E-state index < -0.39 is 5.97 Å². The molecule has 1 N–H and O–H groups in total. The Labute approximate surface area is 110 Å². The molecule has 1 aromatic heterocycles. The quantitative estimate of drug-likeness (QED) is 0.910. The highest BCUT2D eigenvalue weighted by atomic mass is 32.1. The zero-order valence-electron chi connectivity index (χ0n) is 10.3. The lowest BCUT2D eigenvalue weighted by Crippen LogP contribution is -2.31. The number of aliphatic carboxylic acids is 1. The average molecular weight is 267 g/mol. The molecule has 0 saturated heterocycles. The Morgan fingerprint density at radius 3 is 2.72 bits per heavy atom. The summed E-state index contributed by atoms with van der Waals surface area (Å²) in [6.45, 7) is 0.616. The highest BCUT2D eigenvalue weighted by molar-refractivity contribution is 7.09. The Kier molecular flexibility index (Phi) is 4.01. The third kappa shape index (κ3) is 2.90. The highest BCUT2D eigenvalue weighted by Gasteiger charge is 2.35. The topological polar surface area (TPSA) is 57.6 Å². The molecule has 0 radical (unpaired) electrons. The summed E-state index contributed by atoms with van der Waals surface area (Å²) in [6, 6.07) is 3.97. The Morgan fingerprint density at radius 1 is 1.44 bits per heavy atom. The number of amides is 1. The number of carboxylic acids is 1. The zero-order chi connectivity index (χ0) is 13.1. The van der Waals surface area contributed by atoms with Crippen LogP contribution in [-0.4, -0.2) is 28.9 Å². The van der Waals surface area contributed by atoms with Gasteiger partial charge in [0.1, 0.15) is 0 Å². The van der Waals surface area contributed by atoms with Crippen LogP contribution < -0.4 is 0 Å². The van der Waals surface area contributed by atoms with Gasteiger partial charge in [0.15, 0.2) is 0 Å². The zero-order valence-corrected chi connectivity index (χ0v) is 11.2. The van der Waals surface area contributed by atoms with Crippen LogP contribution in [0.25, 0.3) is 0 Å². The number of hydrogen-bond acceptors (Lipinski definition) is 3. The number of carbonyl (C=O) groups excluding carboxylic acids is 1. The van der Waals surface area contributed by atoms with Crippen LogP contribution in [0, 0.1) is 11.8 Å². The SMILES string of the molecule is CN(Cc1cccs1)C(=O)C1CCC(C(=O)O)C1. The van der Waals surface area contributed by atoms with Crippen molar-refractivity contribution in [1.29, 1.82) is 0 Å². The standard InChI is InChI=1S/C13H17NO3S/c1-14(8-11-3-2-6-18-11)12(15)9-4-5-10(7-9)13(16)17/h2-3,6,9-10H,4-5,7-8H2,1H3,(H,16,17). The van der Waals surface area contributed by atoms with Crippen molar-refractivity contribution in [3.63, 3.8) is 0 Å². The van der Waals surface area contributed by atoms with Crippen molar-refractivity contribution in [3.8, 4) is 0 Å². The molecule has 1 aromatic rings. The maximum Gasteiger partial charge on any atom is 0.306 e. The molecule has 1 amide bonds. The minimum absolute atomic E-state index is 0.0761. The summed E-state index contributed by atoms with van der Waals surface area (Å²) in [7, 11) is 1.79. The van der Waals surface area contributed by atoms with E-state index in [2.05, 4.69) is 0 Å². The second kappa shape index (κ2) is 5.52. The molecule has 4 nitrogen and oxygen atoms in total. The maximum absolute atomic E-state index is 12.2. The van der Waals surface area contributed by atoms with Gasteiger partial charge < -0.3 is 10.0 Å². The van der Waals surface area contributed by atoms with Crippen molar-refractivity contribution in [2.24, 2.45) is 11.8 Å². The molecule has 0 aromatic carbocycles. The van der Waals surface area contributed by atoms with Crippen LogP contribution in [0.1, 0.15) is 24.1 Å². The van der Waals surface area contributed by atoms with Crippen LogP contribution in [0.4, 0.5) is 0 Å². The van der Waals surface area contributed by atoms with Gasteiger partial charge in [0.25, 0.3) is 0 Å². The molecular formula is C13H17NO3S. The number of carboxylic acid groups (broad SMARTS) is 1. The molecule has 1 heterocycles. The fraction of sp³-hybridized carbons (Fsp3) is 0.538. The van der Waals surface area contributed by atoms with Crippen molar-refractivity contribution in [2.75, 3.05) is 7.05 Å². The molecule has 2 unspecified atom stereocenters. The first-order valence-electron chi connectivity index (χ1n) is 6.08. The van der Waals surface area contributed by atoms with Crippen LogP contribution in [0.15, 0.2) is 17.5 Å². The van der Waals surface area contributed by atoms with Gasteiger partial charge in [-0.3, -0.25) is 9.59 Å². The number of hydrogen-bond donors (Lipinski definition) is 1. The highest BCUT2D eigenvalue weighted by Crippen LogP contribution is 2.32. The van der Waals surface area contributed by atoms with E-state index in [0.717, 1.165) is 4.88 Å². The van der Waals surface area contributed by atoms with E-state index in [0.29, 0.717) is 25.8 Å². The molecule has 1 aliphatic carbocycles.